The van der Waals surface area contributed by atoms with Crippen LogP contribution in [0.1, 0.15) is 28.2 Å². The molecule has 1 fully saturated rings. The molecule has 0 spiro atoms. The second-order valence-electron chi connectivity index (χ2n) is 5.33. The van der Waals surface area contributed by atoms with Crippen molar-refractivity contribution in [3.05, 3.63) is 63.9 Å². The maximum atomic E-state index is 14.2. The minimum Gasteiger partial charge on any atom is -0.478 e. The largest absolute Gasteiger partial charge is 0.478 e. The number of carbonyl (C=O) groups is 2. The molecule has 0 saturated carbocycles. The summed E-state index contributed by atoms with van der Waals surface area (Å²) in [5, 5.41) is 8.48. The Bertz CT molecular complexity index is 829. The van der Waals surface area contributed by atoms with Crippen molar-refractivity contribution in [1.29, 1.82) is 0 Å². The lowest BCUT2D eigenvalue weighted by molar-refractivity contribution is -0.117. The van der Waals surface area contributed by atoms with Gasteiger partial charge in [0.25, 0.3) is 0 Å². The van der Waals surface area contributed by atoms with Crippen molar-refractivity contribution in [2.75, 3.05) is 4.90 Å². The lowest BCUT2D eigenvalue weighted by atomic mass is 10.1. The van der Waals surface area contributed by atoms with Gasteiger partial charge in [-0.2, -0.15) is 0 Å². The maximum Gasteiger partial charge on any atom is 0.337 e. The van der Waals surface area contributed by atoms with Gasteiger partial charge in [-0.05, 0) is 31.2 Å². The number of hydrogen-bond donors (Lipinski definition) is 1. The molecule has 7 heteroatoms. The van der Waals surface area contributed by atoms with E-state index in [4.69, 9.17) is 0 Å². The highest BCUT2D eigenvalue weighted by molar-refractivity contribution is 9.10. The number of carboxylic acid groups (broad SMARTS) is 1. The number of carboxylic acids is 1. The third kappa shape index (κ3) is 2.93. The fraction of sp³-hybridized carbons (Fsp3) is 0.176. The molecular weight excluding hydrogens is 397 g/mol. The Balaban J connectivity index is 2.15. The van der Waals surface area contributed by atoms with Crippen molar-refractivity contribution in [3.63, 3.8) is 0 Å². The van der Waals surface area contributed by atoms with Crippen LogP contribution < -0.4 is 4.90 Å². The fourth-order valence-corrected chi connectivity index (χ4v) is 4.30. The number of hydrogen-bond acceptors (Lipinski definition) is 3. The molecule has 1 amide bonds. The number of carbonyl (C=O) groups excluding carboxylic acids is 1. The highest BCUT2D eigenvalue weighted by atomic mass is 79.9. The molecule has 1 heterocycles. The number of nitrogens with zero attached hydrogens (tertiary/aromatic N) is 1. The summed E-state index contributed by atoms with van der Waals surface area (Å²) in [6, 6.07) is 10.9. The Labute approximate surface area is 150 Å². The molecule has 1 N–H and O–H groups in total. The van der Waals surface area contributed by atoms with Gasteiger partial charge in [0.2, 0.25) is 5.91 Å². The van der Waals surface area contributed by atoms with Crippen molar-refractivity contribution in [1.82, 2.24) is 0 Å². The van der Waals surface area contributed by atoms with Gasteiger partial charge in [-0.25, -0.2) is 9.18 Å². The lowest BCUT2D eigenvalue weighted by Crippen LogP contribution is -2.31. The number of benzene rings is 2. The van der Waals surface area contributed by atoms with Crippen LogP contribution in [0.4, 0.5) is 10.1 Å². The molecule has 3 rings (SSSR count). The third-order valence-corrected chi connectivity index (χ3v) is 5.60. The van der Waals surface area contributed by atoms with E-state index in [1.807, 2.05) is 0 Å². The van der Waals surface area contributed by atoms with Gasteiger partial charge in [0.1, 0.15) is 11.2 Å². The van der Waals surface area contributed by atoms with E-state index in [1.165, 1.54) is 28.8 Å². The number of rotatable bonds is 3. The van der Waals surface area contributed by atoms with Gasteiger partial charge >= 0.3 is 5.97 Å². The standard InChI is InChI=1S/C17H13BrFNO3S/c1-9-15(21)20(14-7-6-10(18)8-12(14)17(22)23)16(24-9)11-4-2-3-5-13(11)19/h2-9,16H,1H3,(H,22,23). The Morgan fingerprint density at radius 2 is 2.00 bits per heavy atom. The summed E-state index contributed by atoms with van der Waals surface area (Å²) in [6.07, 6.45) is 0. The summed E-state index contributed by atoms with van der Waals surface area (Å²) in [4.78, 5) is 25.6. The quantitative estimate of drug-likeness (QED) is 0.812. The van der Waals surface area contributed by atoms with E-state index < -0.39 is 17.2 Å². The molecule has 1 aliphatic rings. The van der Waals surface area contributed by atoms with E-state index in [0.717, 1.165) is 0 Å². The fourth-order valence-electron chi connectivity index (χ4n) is 2.65. The number of amides is 1. The zero-order chi connectivity index (χ0) is 17.4. The second kappa shape index (κ2) is 6.57. The molecule has 1 aliphatic heterocycles. The first kappa shape index (κ1) is 17.0. The van der Waals surface area contributed by atoms with Crippen molar-refractivity contribution >= 4 is 45.3 Å². The molecule has 0 bridgehead atoms. The number of aromatic carboxylic acids is 1. The van der Waals surface area contributed by atoms with Crippen molar-refractivity contribution in [3.8, 4) is 0 Å². The molecule has 0 aliphatic carbocycles. The van der Waals surface area contributed by atoms with E-state index in [1.54, 1.807) is 37.3 Å². The van der Waals surface area contributed by atoms with Gasteiger partial charge in [0, 0.05) is 10.0 Å². The van der Waals surface area contributed by atoms with Crippen LogP contribution in [0, 0.1) is 5.82 Å². The lowest BCUT2D eigenvalue weighted by Gasteiger charge is -2.26. The normalized spacial score (nSPS) is 20.5. The van der Waals surface area contributed by atoms with Crippen LogP contribution in [0.15, 0.2) is 46.9 Å². The minimum absolute atomic E-state index is 0.00577. The summed E-state index contributed by atoms with van der Waals surface area (Å²) < 4.78 is 14.8. The highest BCUT2D eigenvalue weighted by Crippen LogP contribution is 2.47. The van der Waals surface area contributed by atoms with Crippen LogP contribution in [0.3, 0.4) is 0 Å². The molecule has 24 heavy (non-hydrogen) atoms. The van der Waals surface area contributed by atoms with E-state index in [-0.39, 0.29) is 22.4 Å². The number of halogens is 2. The summed E-state index contributed by atoms with van der Waals surface area (Å²) in [6.45, 7) is 1.74. The first-order chi connectivity index (χ1) is 11.4. The highest BCUT2D eigenvalue weighted by Gasteiger charge is 2.41. The third-order valence-electron chi connectivity index (χ3n) is 3.77. The van der Waals surface area contributed by atoms with Crippen LogP contribution in [0.2, 0.25) is 0 Å². The predicted octanol–water partition coefficient (Wildman–Crippen LogP) is 4.45. The molecule has 124 valence electrons. The van der Waals surface area contributed by atoms with Crippen LogP contribution in [0.25, 0.3) is 0 Å². The van der Waals surface area contributed by atoms with Crippen LogP contribution >= 0.6 is 27.7 Å². The van der Waals surface area contributed by atoms with Gasteiger partial charge in [0.15, 0.2) is 0 Å². The van der Waals surface area contributed by atoms with Crippen molar-refractivity contribution < 1.29 is 19.1 Å². The second-order valence-corrected chi connectivity index (χ2v) is 7.67. The average molecular weight is 410 g/mol. The molecule has 0 aromatic heterocycles. The van der Waals surface area contributed by atoms with Gasteiger partial charge in [-0.3, -0.25) is 9.69 Å². The molecule has 0 radical (unpaired) electrons. The van der Waals surface area contributed by atoms with E-state index in [0.29, 0.717) is 10.0 Å². The zero-order valence-electron chi connectivity index (χ0n) is 12.6. The van der Waals surface area contributed by atoms with Crippen molar-refractivity contribution in [2.45, 2.75) is 17.5 Å². The van der Waals surface area contributed by atoms with Crippen LogP contribution in [-0.2, 0) is 4.79 Å². The average Bonchev–Trinajstić information content (AvgIpc) is 2.83. The molecule has 2 unspecified atom stereocenters. The van der Waals surface area contributed by atoms with Gasteiger partial charge < -0.3 is 5.11 Å². The van der Waals surface area contributed by atoms with Gasteiger partial charge in [-0.1, -0.05) is 34.1 Å². The summed E-state index contributed by atoms with van der Waals surface area (Å²) in [5.74, 6) is -1.80. The molecule has 2 aromatic carbocycles. The monoisotopic (exact) mass is 409 g/mol. The summed E-state index contributed by atoms with van der Waals surface area (Å²) in [5.41, 5.74) is 0.619. The first-order valence-electron chi connectivity index (χ1n) is 7.16. The molecule has 2 atom stereocenters. The van der Waals surface area contributed by atoms with Gasteiger partial charge in [-0.15, -0.1) is 11.8 Å². The van der Waals surface area contributed by atoms with E-state index >= 15 is 0 Å². The van der Waals surface area contributed by atoms with Crippen molar-refractivity contribution in [2.24, 2.45) is 0 Å². The SMILES string of the molecule is CC1SC(c2ccccc2F)N(c2ccc(Br)cc2C(=O)O)C1=O. The zero-order valence-corrected chi connectivity index (χ0v) is 15.0. The Morgan fingerprint density at radius 1 is 1.29 bits per heavy atom. The summed E-state index contributed by atoms with van der Waals surface area (Å²) >= 11 is 4.54. The Hall–Kier alpha value is -1.86. The molecule has 2 aromatic rings. The number of anilines is 1. The van der Waals surface area contributed by atoms with E-state index in [2.05, 4.69) is 15.9 Å². The Kier molecular flexibility index (Phi) is 4.64. The van der Waals surface area contributed by atoms with E-state index in [9.17, 15) is 19.1 Å². The Morgan fingerprint density at radius 3 is 2.67 bits per heavy atom. The number of thioether (sulfide) groups is 1. The predicted molar refractivity (Wildman–Crippen MR) is 94.8 cm³/mol. The maximum absolute atomic E-state index is 14.2. The smallest absolute Gasteiger partial charge is 0.337 e. The van der Waals surface area contributed by atoms with Crippen LogP contribution in [0.5, 0.6) is 0 Å². The minimum atomic E-state index is -1.14. The summed E-state index contributed by atoms with van der Waals surface area (Å²) in [7, 11) is 0. The first-order valence-corrected chi connectivity index (χ1v) is 8.89. The molecule has 4 nitrogen and oxygen atoms in total. The van der Waals surface area contributed by atoms with Crippen LogP contribution in [-0.4, -0.2) is 22.2 Å². The van der Waals surface area contributed by atoms with Gasteiger partial charge in [0.05, 0.1) is 16.5 Å². The molecular formula is C17H13BrFNO3S. The topological polar surface area (TPSA) is 57.6 Å². The molecule has 1 saturated heterocycles.